The van der Waals surface area contributed by atoms with Gasteiger partial charge in [-0.15, -0.1) is 0 Å². The van der Waals surface area contributed by atoms with E-state index in [-0.39, 0.29) is 17.9 Å². The Hall–Kier alpha value is -1.08. The maximum Gasteiger partial charge on any atom is 0.234 e. The molecule has 0 spiro atoms. The first kappa shape index (κ1) is 14.9. The van der Waals surface area contributed by atoms with Crippen molar-refractivity contribution in [1.82, 2.24) is 10.2 Å². The maximum atomic E-state index is 11.6. The predicted octanol–water partition coefficient (Wildman–Crippen LogP) is 1.38. The Kier molecular flexibility index (Phi) is 7.57. The van der Waals surface area contributed by atoms with Gasteiger partial charge in [-0.25, -0.2) is 0 Å². The van der Waals surface area contributed by atoms with E-state index in [1.165, 1.54) is 0 Å². The Morgan fingerprint density at radius 2 is 2.12 bits per heavy atom. The fraction of sp³-hybridized carbons (Fsp3) is 0.833. The molecule has 0 radical (unpaired) electrons. The monoisotopic (exact) mass is 225 g/mol. The zero-order valence-corrected chi connectivity index (χ0v) is 10.8. The molecule has 16 heavy (non-hydrogen) atoms. The predicted molar refractivity (Wildman–Crippen MR) is 64.8 cm³/mol. The third kappa shape index (κ3) is 7.24. The van der Waals surface area contributed by atoms with Crippen LogP contribution in [0.25, 0.3) is 0 Å². The van der Waals surface area contributed by atoms with Crippen molar-refractivity contribution >= 4 is 5.91 Å². The quantitative estimate of drug-likeness (QED) is 0.712. The molecule has 1 amide bonds. The number of carbonyl (C=O) groups excluding carboxylic acids is 1. The molecule has 2 atom stereocenters. The van der Waals surface area contributed by atoms with Gasteiger partial charge in [-0.2, -0.15) is 5.26 Å². The minimum Gasteiger partial charge on any atom is -0.353 e. The van der Waals surface area contributed by atoms with Gasteiger partial charge in [-0.3, -0.25) is 9.69 Å². The van der Waals surface area contributed by atoms with Gasteiger partial charge >= 0.3 is 0 Å². The molecular weight excluding hydrogens is 202 g/mol. The average molecular weight is 225 g/mol. The zero-order valence-electron chi connectivity index (χ0n) is 10.8. The van der Waals surface area contributed by atoms with Crippen LogP contribution in [0.15, 0.2) is 0 Å². The average Bonchev–Trinajstić information content (AvgIpc) is 2.16. The number of hydrogen-bond acceptors (Lipinski definition) is 3. The molecule has 0 saturated carbocycles. The van der Waals surface area contributed by atoms with E-state index < -0.39 is 0 Å². The summed E-state index contributed by atoms with van der Waals surface area (Å²) in [7, 11) is 1.86. The first-order valence-electron chi connectivity index (χ1n) is 5.87. The second-order valence-corrected chi connectivity index (χ2v) is 4.48. The third-order valence-corrected chi connectivity index (χ3v) is 2.35. The topological polar surface area (TPSA) is 56.1 Å². The Labute approximate surface area is 98.6 Å². The molecule has 0 fully saturated rings. The molecule has 0 aliphatic heterocycles. The van der Waals surface area contributed by atoms with Crippen LogP contribution in [0.3, 0.4) is 0 Å². The molecule has 0 bridgehead atoms. The van der Waals surface area contributed by atoms with Crippen LogP contribution in [-0.4, -0.2) is 37.0 Å². The van der Waals surface area contributed by atoms with Crippen molar-refractivity contribution in [2.45, 2.75) is 39.7 Å². The number of hydrogen-bond donors (Lipinski definition) is 1. The van der Waals surface area contributed by atoms with Gasteiger partial charge in [0, 0.05) is 12.6 Å². The standard InChI is InChI=1S/C12H23N3O/c1-5-6-11(3)14-12(16)9-15(4)8-10(2)7-13/h10-11H,5-6,8-9H2,1-4H3,(H,14,16). The van der Waals surface area contributed by atoms with Crippen LogP contribution in [0, 0.1) is 17.2 Å². The molecule has 0 rings (SSSR count). The van der Waals surface area contributed by atoms with Crippen LogP contribution in [0.2, 0.25) is 0 Å². The van der Waals surface area contributed by atoms with Crippen LogP contribution < -0.4 is 5.32 Å². The molecule has 1 N–H and O–H groups in total. The molecule has 0 aromatic carbocycles. The third-order valence-electron chi connectivity index (χ3n) is 2.35. The van der Waals surface area contributed by atoms with Crippen LogP contribution in [-0.2, 0) is 4.79 Å². The molecule has 0 saturated heterocycles. The highest BCUT2D eigenvalue weighted by Crippen LogP contribution is 1.97. The van der Waals surface area contributed by atoms with Crippen molar-refractivity contribution in [2.75, 3.05) is 20.1 Å². The molecule has 2 unspecified atom stereocenters. The normalized spacial score (nSPS) is 14.2. The summed E-state index contributed by atoms with van der Waals surface area (Å²) in [4.78, 5) is 13.4. The number of nitriles is 1. The highest BCUT2D eigenvalue weighted by atomic mass is 16.2. The van der Waals surface area contributed by atoms with E-state index in [0.717, 1.165) is 12.8 Å². The summed E-state index contributed by atoms with van der Waals surface area (Å²) >= 11 is 0. The number of likely N-dealkylation sites (N-methyl/N-ethyl adjacent to an activating group) is 1. The minimum atomic E-state index is -0.0362. The second kappa shape index (κ2) is 8.12. The Morgan fingerprint density at radius 1 is 1.50 bits per heavy atom. The Bertz CT molecular complexity index is 247. The van der Waals surface area contributed by atoms with E-state index in [1.54, 1.807) is 0 Å². The molecule has 0 aromatic heterocycles. The van der Waals surface area contributed by atoms with Crippen LogP contribution in [0.5, 0.6) is 0 Å². The van der Waals surface area contributed by atoms with Crippen LogP contribution in [0.1, 0.15) is 33.6 Å². The highest BCUT2D eigenvalue weighted by Gasteiger charge is 2.11. The van der Waals surface area contributed by atoms with Crippen molar-refractivity contribution in [1.29, 1.82) is 5.26 Å². The van der Waals surface area contributed by atoms with Crippen molar-refractivity contribution in [2.24, 2.45) is 5.92 Å². The molecule has 92 valence electrons. The van der Waals surface area contributed by atoms with Crippen LogP contribution in [0.4, 0.5) is 0 Å². The number of amides is 1. The summed E-state index contributed by atoms with van der Waals surface area (Å²) in [6.07, 6.45) is 2.08. The van der Waals surface area contributed by atoms with E-state index in [2.05, 4.69) is 18.3 Å². The molecule has 0 heterocycles. The van der Waals surface area contributed by atoms with E-state index in [0.29, 0.717) is 13.1 Å². The summed E-state index contributed by atoms with van der Waals surface area (Å²) in [5, 5.41) is 11.6. The summed E-state index contributed by atoms with van der Waals surface area (Å²) < 4.78 is 0. The minimum absolute atomic E-state index is 0.0357. The van der Waals surface area contributed by atoms with Gasteiger partial charge in [0.1, 0.15) is 0 Å². The van der Waals surface area contributed by atoms with Crippen molar-refractivity contribution in [3.05, 3.63) is 0 Å². The molecular formula is C12H23N3O. The number of nitrogens with one attached hydrogen (secondary N) is 1. The zero-order chi connectivity index (χ0) is 12.6. The largest absolute Gasteiger partial charge is 0.353 e. The molecule has 0 aromatic rings. The first-order chi connectivity index (χ1) is 7.49. The smallest absolute Gasteiger partial charge is 0.234 e. The van der Waals surface area contributed by atoms with Gasteiger partial charge in [0.15, 0.2) is 0 Å². The summed E-state index contributed by atoms with van der Waals surface area (Å²) in [6.45, 7) is 6.96. The van der Waals surface area contributed by atoms with Gasteiger partial charge < -0.3 is 5.32 Å². The summed E-state index contributed by atoms with van der Waals surface area (Å²) in [6, 6.07) is 2.39. The fourth-order valence-electron chi connectivity index (χ4n) is 1.64. The lowest BCUT2D eigenvalue weighted by atomic mass is 10.2. The Morgan fingerprint density at radius 3 is 2.62 bits per heavy atom. The number of carbonyl (C=O) groups is 1. The van der Waals surface area contributed by atoms with Crippen molar-refractivity contribution < 1.29 is 4.79 Å². The lowest BCUT2D eigenvalue weighted by Crippen LogP contribution is -2.40. The van der Waals surface area contributed by atoms with Gasteiger partial charge in [-0.05, 0) is 27.3 Å². The SMILES string of the molecule is CCCC(C)NC(=O)CN(C)CC(C)C#N. The number of rotatable bonds is 7. The summed E-state index contributed by atoms with van der Waals surface area (Å²) in [5.41, 5.74) is 0. The maximum absolute atomic E-state index is 11.6. The van der Waals surface area contributed by atoms with Gasteiger partial charge in [-0.1, -0.05) is 13.3 Å². The Balaban J connectivity index is 3.83. The summed E-state index contributed by atoms with van der Waals surface area (Å²) in [5.74, 6) is -0.000505. The molecule has 4 heteroatoms. The van der Waals surface area contributed by atoms with E-state index in [1.807, 2.05) is 25.8 Å². The first-order valence-corrected chi connectivity index (χ1v) is 5.87. The van der Waals surface area contributed by atoms with E-state index in [9.17, 15) is 4.79 Å². The molecule has 4 nitrogen and oxygen atoms in total. The van der Waals surface area contributed by atoms with Gasteiger partial charge in [0.05, 0.1) is 18.5 Å². The second-order valence-electron chi connectivity index (χ2n) is 4.48. The van der Waals surface area contributed by atoms with Gasteiger partial charge in [0.25, 0.3) is 0 Å². The van der Waals surface area contributed by atoms with E-state index >= 15 is 0 Å². The number of nitrogens with zero attached hydrogens (tertiary/aromatic N) is 2. The van der Waals surface area contributed by atoms with Crippen molar-refractivity contribution in [3.63, 3.8) is 0 Å². The van der Waals surface area contributed by atoms with Crippen LogP contribution >= 0.6 is 0 Å². The lowest BCUT2D eigenvalue weighted by molar-refractivity contribution is -0.122. The molecule has 0 aliphatic carbocycles. The molecule has 0 aliphatic rings. The highest BCUT2D eigenvalue weighted by molar-refractivity contribution is 5.78. The lowest BCUT2D eigenvalue weighted by Gasteiger charge is -2.19. The van der Waals surface area contributed by atoms with Crippen molar-refractivity contribution in [3.8, 4) is 6.07 Å². The fourth-order valence-corrected chi connectivity index (χ4v) is 1.64. The van der Waals surface area contributed by atoms with Gasteiger partial charge in [0.2, 0.25) is 5.91 Å². The van der Waals surface area contributed by atoms with E-state index in [4.69, 9.17) is 5.26 Å².